The molecule has 4 rings (SSSR count). The molecule has 3 amide bonds. The summed E-state index contributed by atoms with van der Waals surface area (Å²) in [6.45, 7) is 1.50. The lowest BCUT2D eigenvalue weighted by Crippen LogP contribution is -2.65. The Balaban J connectivity index is 1.26. The van der Waals surface area contributed by atoms with Gasteiger partial charge in [-0.15, -0.1) is 13.2 Å². The number of likely N-dealkylation sites (tertiary alicyclic amines) is 2. The average molecular weight is 464 g/mol. The Morgan fingerprint density at radius 1 is 1.26 bits per heavy atom. The summed E-state index contributed by atoms with van der Waals surface area (Å²) in [4.78, 5) is 27.5. The first-order chi connectivity index (χ1) is 14.7. The van der Waals surface area contributed by atoms with Crippen LogP contribution in [-0.2, 0) is 20.9 Å². The molecule has 3 heterocycles. The van der Waals surface area contributed by atoms with Crippen LogP contribution in [0.5, 0.6) is 5.75 Å². The van der Waals surface area contributed by atoms with E-state index >= 15 is 0 Å². The van der Waals surface area contributed by atoms with Crippen LogP contribution in [0.1, 0.15) is 12.0 Å². The number of ether oxygens (including phenoxy) is 3. The van der Waals surface area contributed by atoms with Crippen LogP contribution in [0.4, 0.5) is 18.0 Å². The molecule has 12 heteroatoms. The number of nitrogens with zero attached hydrogens (tertiary/aromatic N) is 2. The van der Waals surface area contributed by atoms with E-state index in [0.717, 1.165) is 6.07 Å². The fourth-order valence-electron chi connectivity index (χ4n) is 3.85. The number of piperidine rings is 1. The zero-order valence-electron chi connectivity index (χ0n) is 16.4. The molecular weight excluding hydrogens is 443 g/mol. The van der Waals surface area contributed by atoms with E-state index in [2.05, 4.69) is 10.1 Å². The van der Waals surface area contributed by atoms with Crippen LogP contribution in [0.15, 0.2) is 18.2 Å². The number of morpholine rings is 1. The first-order valence-electron chi connectivity index (χ1n) is 9.78. The van der Waals surface area contributed by atoms with Crippen LogP contribution in [0.3, 0.4) is 0 Å². The summed E-state index contributed by atoms with van der Waals surface area (Å²) >= 11 is 5.76. The lowest BCUT2D eigenvalue weighted by molar-refractivity contribution is -0.275. The van der Waals surface area contributed by atoms with Crippen molar-refractivity contribution in [2.75, 3.05) is 32.8 Å². The van der Waals surface area contributed by atoms with E-state index in [1.165, 1.54) is 12.1 Å². The zero-order valence-corrected chi connectivity index (χ0v) is 17.1. The molecule has 3 aliphatic heterocycles. The normalized spacial score (nSPS) is 24.3. The molecule has 0 radical (unpaired) electrons. The highest BCUT2D eigenvalue weighted by Crippen LogP contribution is 2.30. The number of carbonyl (C=O) groups excluding carboxylic acids is 2. The fourth-order valence-corrected chi connectivity index (χ4v) is 4.01. The number of fused-ring (bicyclic) bond motifs is 1. The van der Waals surface area contributed by atoms with Crippen LogP contribution in [0, 0.1) is 0 Å². The lowest BCUT2D eigenvalue weighted by atomic mass is 10.0. The molecule has 2 atom stereocenters. The summed E-state index contributed by atoms with van der Waals surface area (Å²) in [6.07, 6.45) is -4.58. The molecule has 1 N–H and O–H groups in total. The van der Waals surface area contributed by atoms with Crippen LogP contribution in [0.25, 0.3) is 0 Å². The molecular formula is C19H21ClF3N3O5. The Kier molecular flexibility index (Phi) is 6.18. The number of alkyl halides is 3. The van der Waals surface area contributed by atoms with Crippen molar-refractivity contribution >= 4 is 23.5 Å². The van der Waals surface area contributed by atoms with Gasteiger partial charge in [0.25, 0.3) is 0 Å². The summed E-state index contributed by atoms with van der Waals surface area (Å²) in [5.74, 6) is -0.601. The third-order valence-corrected chi connectivity index (χ3v) is 5.68. The molecule has 170 valence electrons. The topological polar surface area (TPSA) is 80.3 Å². The molecule has 3 saturated heterocycles. The molecule has 1 aromatic carbocycles. The first kappa shape index (κ1) is 22.0. The second-order valence-electron chi connectivity index (χ2n) is 7.68. The van der Waals surface area contributed by atoms with Gasteiger partial charge in [-0.1, -0.05) is 17.7 Å². The van der Waals surface area contributed by atoms with Crippen molar-refractivity contribution in [1.29, 1.82) is 0 Å². The second-order valence-corrected chi connectivity index (χ2v) is 8.12. The SMILES string of the molecule is O=C1CO[C@H]2CCN(C(=O)N3CC(OCc4ccc(Cl)cc4OC(F)(F)F)C3)C[C@H]2N1. The van der Waals surface area contributed by atoms with Crippen molar-refractivity contribution in [3.05, 3.63) is 28.8 Å². The van der Waals surface area contributed by atoms with Crippen molar-refractivity contribution in [2.24, 2.45) is 0 Å². The summed E-state index contributed by atoms with van der Waals surface area (Å²) in [6, 6.07) is 3.57. The van der Waals surface area contributed by atoms with E-state index in [9.17, 15) is 22.8 Å². The molecule has 0 saturated carbocycles. The van der Waals surface area contributed by atoms with E-state index in [4.69, 9.17) is 21.1 Å². The monoisotopic (exact) mass is 463 g/mol. The molecule has 3 aliphatic rings. The number of benzene rings is 1. The van der Waals surface area contributed by atoms with Gasteiger partial charge in [0.1, 0.15) is 12.4 Å². The zero-order chi connectivity index (χ0) is 22.2. The average Bonchev–Trinajstić information content (AvgIpc) is 2.66. The Bertz CT molecular complexity index is 850. The Hall–Kier alpha value is -2.24. The minimum absolute atomic E-state index is 0.0452. The van der Waals surface area contributed by atoms with Crippen molar-refractivity contribution in [2.45, 2.75) is 37.6 Å². The molecule has 0 aromatic heterocycles. The number of hydrogen-bond donors (Lipinski definition) is 1. The van der Waals surface area contributed by atoms with Gasteiger partial charge >= 0.3 is 12.4 Å². The van der Waals surface area contributed by atoms with E-state index in [0.29, 0.717) is 32.6 Å². The van der Waals surface area contributed by atoms with Gasteiger partial charge in [0.05, 0.1) is 37.9 Å². The number of urea groups is 1. The van der Waals surface area contributed by atoms with Gasteiger partial charge < -0.3 is 29.3 Å². The van der Waals surface area contributed by atoms with Crippen molar-refractivity contribution in [3.63, 3.8) is 0 Å². The number of carbonyl (C=O) groups is 2. The van der Waals surface area contributed by atoms with Gasteiger partial charge in [-0.25, -0.2) is 4.79 Å². The minimum atomic E-state index is -4.84. The molecule has 0 unspecified atom stereocenters. The van der Waals surface area contributed by atoms with E-state index < -0.39 is 12.1 Å². The molecule has 1 aromatic rings. The van der Waals surface area contributed by atoms with Gasteiger partial charge in [-0.3, -0.25) is 4.79 Å². The number of amides is 3. The maximum Gasteiger partial charge on any atom is 0.573 e. The number of nitrogens with one attached hydrogen (secondary N) is 1. The predicted octanol–water partition coefficient (Wildman–Crippen LogP) is 2.15. The maximum atomic E-state index is 12.7. The Morgan fingerprint density at radius 2 is 2.03 bits per heavy atom. The summed E-state index contributed by atoms with van der Waals surface area (Å²) in [5.41, 5.74) is 0.210. The molecule has 0 bridgehead atoms. The summed E-state index contributed by atoms with van der Waals surface area (Å²) in [7, 11) is 0. The summed E-state index contributed by atoms with van der Waals surface area (Å²) in [5, 5.41) is 2.97. The van der Waals surface area contributed by atoms with Gasteiger partial charge in [0.15, 0.2) is 0 Å². The third kappa shape index (κ3) is 5.34. The number of rotatable bonds is 4. The lowest BCUT2D eigenvalue weighted by Gasteiger charge is -2.46. The molecule has 3 fully saturated rings. The Morgan fingerprint density at radius 3 is 2.77 bits per heavy atom. The van der Waals surface area contributed by atoms with Crippen LogP contribution in [0.2, 0.25) is 5.02 Å². The van der Waals surface area contributed by atoms with Crippen molar-refractivity contribution in [1.82, 2.24) is 15.1 Å². The van der Waals surface area contributed by atoms with Gasteiger partial charge in [0.2, 0.25) is 5.91 Å². The fraction of sp³-hybridized carbons (Fsp3) is 0.579. The second kappa shape index (κ2) is 8.71. The number of hydrogen-bond acceptors (Lipinski definition) is 5. The quantitative estimate of drug-likeness (QED) is 0.740. The van der Waals surface area contributed by atoms with Gasteiger partial charge in [-0.2, -0.15) is 0 Å². The molecule has 8 nitrogen and oxygen atoms in total. The molecule has 0 aliphatic carbocycles. The van der Waals surface area contributed by atoms with Crippen molar-refractivity contribution < 1.29 is 37.0 Å². The highest BCUT2D eigenvalue weighted by atomic mass is 35.5. The van der Waals surface area contributed by atoms with E-state index in [1.807, 2.05) is 0 Å². The standard InChI is InChI=1S/C19H21ClF3N3O5/c20-12-2-1-11(16(5-12)31-19(21,22)23)9-29-13-6-26(7-13)18(28)25-4-3-15-14(8-25)24-17(27)10-30-15/h1-2,5,13-15H,3-4,6-10H2,(H,24,27)/t14-,15+/m1/s1. The van der Waals surface area contributed by atoms with Gasteiger partial charge in [-0.05, 0) is 18.6 Å². The summed E-state index contributed by atoms with van der Waals surface area (Å²) < 4.78 is 52.9. The minimum Gasteiger partial charge on any atom is -0.405 e. The first-order valence-corrected chi connectivity index (χ1v) is 10.2. The highest BCUT2D eigenvalue weighted by molar-refractivity contribution is 6.30. The molecule has 31 heavy (non-hydrogen) atoms. The third-order valence-electron chi connectivity index (χ3n) is 5.44. The van der Waals surface area contributed by atoms with Crippen LogP contribution in [-0.4, -0.2) is 79.1 Å². The number of halogens is 4. The van der Waals surface area contributed by atoms with Crippen LogP contribution >= 0.6 is 11.6 Å². The smallest absolute Gasteiger partial charge is 0.405 e. The van der Waals surface area contributed by atoms with Gasteiger partial charge in [0, 0.05) is 23.7 Å². The van der Waals surface area contributed by atoms with E-state index in [1.54, 1.807) is 9.80 Å². The van der Waals surface area contributed by atoms with Crippen molar-refractivity contribution in [3.8, 4) is 5.75 Å². The van der Waals surface area contributed by atoms with E-state index in [-0.39, 0.29) is 54.0 Å². The van der Waals surface area contributed by atoms with Crippen LogP contribution < -0.4 is 10.1 Å². The predicted molar refractivity (Wildman–Crippen MR) is 102 cm³/mol. The highest BCUT2D eigenvalue weighted by Gasteiger charge is 2.40. The molecule has 0 spiro atoms. The Labute approximate surface area is 181 Å². The maximum absolute atomic E-state index is 12.7. The largest absolute Gasteiger partial charge is 0.573 e.